The number of ether oxygens (including phenoxy) is 1. The fourth-order valence-corrected chi connectivity index (χ4v) is 2.42. The van der Waals surface area contributed by atoms with E-state index in [0.29, 0.717) is 0 Å². The van der Waals surface area contributed by atoms with E-state index in [9.17, 15) is 0 Å². The lowest BCUT2D eigenvalue weighted by molar-refractivity contribution is 0.0379. The Hall–Kier alpha value is -0.570. The van der Waals surface area contributed by atoms with Crippen molar-refractivity contribution < 1.29 is 4.74 Å². The van der Waals surface area contributed by atoms with Gasteiger partial charge >= 0.3 is 0 Å². The van der Waals surface area contributed by atoms with Gasteiger partial charge in [0, 0.05) is 19.6 Å². The maximum absolute atomic E-state index is 6.45. The van der Waals surface area contributed by atoms with Crippen molar-refractivity contribution in [3.63, 3.8) is 0 Å². The van der Waals surface area contributed by atoms with Gasteiger partial charge in [-0.15, -0.1) is 11.6 Å². The van der Waals surface area contributed by atoms with Crippen molar-refractivity contribution in [2.75, 3.05) is 32.8 Å². The summed E-state index contributed by atoms with van der Waals surface area (Å²) in [5.41, 5.74) is 2.58. The van der Waals surface area contributed by atoms with Crippen LogP contribution in [0.3, 0.4) is 0 Å². The number of halogens is 1. The van der Waals surface area contributed by atoms with E-state index in [2.05, 4.69) is 36.1 Å². The highest BCUT2D eigenvalue weighted by molar-refractivity contribution is 6.21. The third-order valence-corrected chi connectivity index (χ3v) is 3.66. The molecule has 94 valence electrons. The molecule has 1 atom stereocenters. The number of aryl methyl sites for hydroxylation is 1. The van der Waals surface area contributed by atoms with Crippen molar-refractivity contribution in [1.82, 2.24) is 4.90 Å². The van der Waals surface area contributed by atoms with E-state index in [1.807, 2.05) is 0 Å². The molecule has 1 aliphatic heterocycles. The van der Waals surface area contributed by atoms with E-state index in [-0.39, 0.29) is 5.38 Å². The molecule has 2 rings (SSSR count). The zero-order valence-corrected chi connectivity index (χ0v) is 11.1. The molecule has 2 nitrogen and oxygen atoms in total. The first-order valence-corrected chi connectivity index (χ1v) is 6.76. The van der Waals surface area contributed by atoms with Crippen LogP contribution in [0.2, 0.25) is 0 Å². The van der Waals surface area contributed by atoms with Gasteiger partial charge in [-0.3, -0.25) is 4.90 Å². The van der Waals surface area contributed by atoms with Crippen molar-refractivity contribution in [3.8, 4) is 0 Å². The van der Waals surface area contributed by atoms with Crippen molar-refractivity contribution in [2.45, 2.75) is 18.7 Å². The van der Waals surface area contributed by atoms with E-state index in [0.717, 1.165) is 39.3 Å². The first-order chi connectivity index (χ1) is 8.29. The molecule has 1 aliphatic rings. The highest BCUT2D eigenvalue weighted by Gasteiger charge is 2.16. The highest BCUT2D eigenvalue weighted by Crippen LogP contribution is 2.22. The maximum atomic E-state index is 6.45. The van der Waals surface area contributed by atoms with Crippen LogP contribution in [0.25, 0.3) is 0 Å². The van der Waals surface area contributed by atoms with Gasteiger partial charge in [-0.2, -0.15) is 0 Å². The largest absolute Gasteiger partial charge is 0.379 e. The summed E-state index contributed by atoms with van der Waals surface area (Å²) in [6.45, 7) is 6.74. The van der Waals surface area contributed by atoms with Crippen molar-refractivity contribution >= 4 is 11.6 Å². The molecule has 0 aromatic heterocycles. The second-order valence-corrected chi connectivity index (χ2v) is 5.00. The molecule has 1 fully saturated rings. The highest BCUT2D eigenvalue weighted by atomic mass is 35.5. The third-order valence-electron chi connectivity index (χ3n) is 3.27. The minimum atomic E-state index is 0.0824. The van der Waals surface area contributed by atoms with Gasteiger partial charge in [0.1, 0.15) is 0 Å². The number of morpholine rings is 1. The van der Waals surface area contributed by atoms with Crippen molar-refractivity contribution in [2.24, 2.45) is 0 Å². The normalized spacial score (nSPS) is 19.2. The van der Waals surface area contributed by atoms with Crippen LogP contribution in [0.5, 0.6) is 0 Å². The minimum absolute atomic E-state index is 0.0824. The van der Waals surface area contributed by atoms with E-state index < -0.39 is 0 Å². The zero-order valence-electron chi connectivity index (χ0n) is 10.4. The summed E-state index contributed by atoms with van der Waals surface area (Å²) in [6, 6.07) is 8.64. The Balaban J connectivity index is 1.91. The molecule has 1 heterocycles. The maximum Gasteiger partial charge on any atom is 0.0712 e. The molecular weight excluding hydrogens is 234 g/mol. The van der Waals surface area contributed by atoms with Gasteiger partial charge in [0.05, 0.1) is 18.6 Å². The van der Waals surface area contributed by atoms with E-state index in [1.165, 1.54) is 11.1 Å². The first-order valence-electron chi connectivity index (χ1n) is 6.32. The molecule has 0 bridgehead atoms. The standard InChI is InChI=1S/C14H20ClNO/c1-2-12-3-5-13(6-4-12)14(15)11-16-7-9-17-10-8-16/h3-6,14H,2,7-11H2,1H3. The summed E-state index contributed by atoms with van der Waals surface area (Å²) in [6.07, 6.45) is 1.08. The van der Waals surface area contributed by atoms with Crippen LogP contribution in [0.15, 0.2) is 24.3 Å². The second kappa shape index (κ2) is 6.39. The van der Waals surface area contributed by atoms with Crippen LogP contribution in [-0.2, 0) is 11.2 Å². The lowest BCUT2D eigenvalue weighted by Gasteiger charge is -2.28. The topological polar surface area (TPSA) is 12.5 Å². The molecule has 1 aromatic rings. The lowest BCUT2D eigenvalue weighted by Crippen LogP contribution is -2.38. The quantitative estimate of drug-likeness (QED) is 0.765. The molecule has 0 N–H and O–H groups in total. The van der Waals surface area contributed by atoms with Gasteiger partial charge in [-0.25, -0.2) is 0 Å². The Morgan fingerprint density at radius 3 is 2.47 bits per heavy atom. The fourth-order valence-electron chi connectivity index (χ4n) is 2.08. The molecular formula is C14H20ClNO. The molecule has 17 heavy (non-hydrogen) atoms. The molecule has 1 unspecified atom stereocenters. The van der Waals surface area contributed by atoms with Crippen LogP contribution in [0.1, 0.15) is 23.4 Å². The predicted octanol–water partition coefficient (Wildman–Crippen LogP) is 2.86. The SMILES string of the molecule is CCc1ccc(C(Cl)CN2CCOCC2)cc1. The van der Waals surface area contributed by atoms with Gasteiger partial charge < -0.3 is 4.74 Å². The lowest BCUT2D eigenvalue weighted by atomic mass is 10.1. The summed E-state index contributed by atoms with van der Waals surface area (Å²) >= 11 is 6.45. The Morgan fingerprint density at radius 1 is 1.24 bits per heavy atom. The first kappa shape index (κ1) is 12.9. The number of alkyl halides is 1. The van der Waals surface area contributed by atoms with Crippen LogP contribution < -0.4 is 0 Å². The van der Waals surface area contributed by atoms with Crippen LogP contribution in [0.4, 0.5) is 0 Å². The van der Waals surface area contributed by atoms with Gasteiger partial charge in [0.2, 0.25) is 0 Å². The fraction of sp³-hybridized carbons (Fsp3) is 0.571. The van der Waals surface area contributed by atoms with E-state index in [1.54, 1.807) is 0 Å². The smallest absolute Gasteiger partial charge is 0.0712 e. The molecule has 1 saturated heterocycles. The molecule has 0 amide bonds. The summed E-state index contributed by atoms with van der Waals surface area (Å²) in [5.74, 6) is 0. The van der Waals surface area contributed by atoms with Gasteiger partial charge in [-0.05, 0) is 17.5 Å². The number of benzene rings is 1. The predicted molar refractivity (Wildman–Crippen MR) is 71.7 cm³/mol. The Morgan fingerprint density at radius 2 is 1.88 bits per heavy atom. The number of nitrogens with zero attached hydrogens (tertiary/aromatic N) is 1. The van der Waals surface area contributed by atoms with Crippen molar-refractivity contribution in [1.29, 1.82) is 0 Å². The molecule has 3 heteroatoms. The summed E-state index contributed by atoms with van der Waals surface area (Å²) < 4.78 is 5.33. The van der Waals surface area contributed by atoms with Crippen LogP contribution in [0, 0.1) is 0 Å². The number of rotatable bonds is 4. The second-order valence-electron chi connectivity index (χ2n) is 4.48. The molecule has 0 saturated carbocycles. The molecule has 0 spiro atoms. The van der Waals surface area contributed by atoms with Crippen LogP contribution >= 0.6 is 11.6 Å². The Kier molecular flexibility index (Phi) is 4.84. The summed E-state index contributed by atoms with van der Waals surface area (Å²) in [4.78, 5) is 2.37. The average molecular weight is 254 g/mol. The van der Waals surface area contributed by atoms with Crippen molar-refractivity contribution in [3.05, 3.63) is 35.4 Å². The Bertz CT molecular complexity index is 333. The number of hydrogen-bond acceptors (Lipinski definition) is 2. The van der Waals surface area contributed by atoms with Gasteiger partial charge in [0.25, 0.3) is 0 Å². The minimum Gasteiger partial charge on any atom is -0.379 e. The summed E-state index contributed by atoms with van der Waals surface area (Å²) in [7, 11) is 0. The molecule has 0 aliphatic carbocycles. The average Bonchev–Trinajstić information content (AvgIpc) is 2.40. The van der Waals surface area contributed by atoms with Gasteiger partial charge in [0.15, 0.2) is 0 Å². The number of hydrogen-bond donors (Lipinski definition) is 0. The Labute approximate surface area is 109 Å². The third kappa shape index (κ3) is 3.70. The monoisotopic (exact) mass is 253 g/mol. The van der Waals surface area contributed by atoms with Gasteiger partial charge in [-0.1, -0.05) is 31.2 Å². The molecule has 1 aromatic carbocycles. The van der Waals surface area contributed by atoms with E-state index in [4.69, 9.17) is 16.3 Å². The van der Waals surface area contributed by atoms with E-state index >= 15 is 0 Å². The molecule has 0 radical (unpaired) electrons. The zero-order chi connectivity index (χ0) is 12.1. The summed E-state index contributed by atoms with van der Waals surface area (Å²) in [5, 5.41) is 0.0824. The van der Waals surface area contributed by atoms with Crippen LogP contribution in [-0.4, -0.2) is 37.7 Å².